The summed E-state index contributed by atoms with van der Waals surface area (Å²) in [7, 11) is 0. The van der Waals surface area contributed by atoms with Crippen molar-refractivity contribution in [2.45, 2.75) is 6.92 Å². The highest BCUT2D eigenvalue weighted by Gasteiger charge is 2.34. The molecular formula is C21H19FN4O5S. The van der Waals surface area contributed by atoms with Gasteiger partial charge in [0.05, 0.1) is 9.83 Å². The predicted octanol–water partition coefficient (Wildman–Crippen LogP) is 3.63. The third-order valence-electron chi connectivity index (χ3n) is 4.51. The van der Waals surface area contributed by atoms with Gasteiger partial charge in [-0.25, -0.2) is 4.39 Å². The van der Waals surface area contributed by atoms with Gasteiger partial charge in [0.1, 0.15) is 11.5 Å². The molecule has 0 saturated carbocycles. The summed E-state index contributed by atoms with van der Waals surface area (Å²) in [5.74, 6) is -1.67. The molecular weight excluding hydrogens is 439 g/mol. The number of hydrogen-bond acceptors (Lipinski definition) is 7. The van der Waals surface area contributed by atoms with Crippen molar-refractivity contribution < 1.29 is 23.7 Å². The van der Waals surface area contributed by atoms with E-state index in [1.807, 2.05) is 0 Å². The number of imide groups is 1. The average molecular weight is 458 g/mol. The summed E-state index contributed by atoms with van der Waals surface area (Å²) < 4.78 is 13.8. The van der Waals surface area contributed by atoms with Crippen molar-refractivity contribution in [3.8, 4) is 0 Å². The fourth-order valence-corrected chi connectivity index (χ4v) is 3.83. The lowest BCUT2D eigenvalue weighted by Crippen LogP contribution is -2.37. The molecule has 3 rings (SSSR count). The number of nitrogens with zero attached hydrogens (tertiary/aromatic N) is 2. The molecule has 0 aromatic heterocycles. The van der Waals surface area contributed by atoms with Gasteiger partial charge in [0.2, 0.25) is 0 Å². The third kappa shape index (κ3) is 5.11. The van der Waals surface area contributed by atoms with Gasteiger partial charge in [0.25, 0.3) is 22.7 Å². The van der Waals surface area contributed by atoms with E-state index in [4.69, 9.17) is 0 Å². The van der Waals surface area contributed by atoms with E-state index in [1.165, 1.54) is 36.4 Å². The molecule has 1 fully saturated rings. The van der Waals surface area contributed by atoms with Crippen LogP contribution in [0.4, 0.5) is 20.6 Å². The summed E-state index contributed by atoms with van der Waals surface area (Å²) in [4.78, 5) is 48.7. The predicted molar refractivity (Wildman–Crippen MR) is 119 cm³/mol. The maximum Gasteiger partial charge on any atom is 0.293 e. The van der Waals surface area contributed by atoms with Crippen molar-refractivity contribution in [3.05, 3.63) is 74.4 Å². The molecule has 9 nitrogen and oxygen atoms in total. The van der Waals surface area contributed by atoms with Gasteiger partial charge in [-0.2, -0.15) is 0 Å². The van der Waals surface area contributed by atoms with Crippen LogP contribution in [0.3, 0.4) is 0 Å². The minimum absolute atomic E-state index is 0.0490. The largest absolute Gasteiger partial charge is 0.380 e. The highest BCUT2D eigenvalue weighted by Crippen LogP contribution is 2.32. The zero-order valence-electron chi connectivity index (χ0n) is 17.0. The van der Waals surface area contributed by atoms with Crippen LogP contribution in [0.5, 0.6) is 0 Å². The molecule has 11 heteroatoms. The molecule has 1 aliphatic heterocycles. The second-order valence-corrected chi connectivity index (χ2v) is 7.62. The standard InChI is InChI=1S/C21H19FN4O5S/c1-2-23-16-8-7-14(11-17(16)26(30)31)19(27)24-9-10-25-20(28)18(32-21(25)29)12-13-5-3-4-6-15(13)22/h3-8,11-12,23H,2,9-10H2,1H3,(H,24,27)/b18-12-. The van der Waals surface area contributed by atoms with Crippen LogP contribution in [0, 0.1) is 15.9 Å². The van der Waals surface area contributed by atoms with E-state index >= 15 is 0 Å². The molecule has 0 bridgehead atoms. The fourth-order valence-electron chi connectivity index (χ4n) is 2.97. The van der Waals surface area contributed by atoms with Crippen LogP contribution in [0.1, 0.15) is 22.8 Å². The Labute approximate surface area is 186 Å². The molecule has 2 aromatic carbocycles. The third-order valence-corrected chi connectivity index (χ3v) is 5.42. The van der Waals surface area contributed by atoms with Crippen molar-refractivity contribution in [2.24, 2.45) is 0 Å². The first-order chi connectivity index (χ1) is 15.3. The summed E-state index contributed by atoms with van der Waals surface area (Å²) in [6.45, 7) is 2.13. The van der Waals surface area contributed by atoms with E-state index in [0.717, 1.165) is 11.0 Å². The first-order valence-electron chi connectivity index (χ1n) is 9.62. The average Bonchev–Trinajstić information content (AvgIpc) is 3.03. The zero-order valence-corrected chi connectivity index (χ0v) is 17.8. The van der Waals surface area contributed by atoms with Crippen LogP contribution in [-0.2, 0) is 4.79 Å². The summed E-state index contributed by atoms with van der Waals surface area (Å²) in [6.07, 6.45) is 1.31. The van der Waals surface area contributed by atoms with Crippen molar-refractivity contribution in [2.75, 3.05) is 25.0 Å². The molecule has 2 aromatic rings. The van der Waals surface area contributed by atoms with Crippen LogP contribution >= 0.6 is 11.8 Å². The SMILES string of the molecule is CCNc1ccc(C(=O)NCCN2C(=O)S/C(=C\c3ccccc3F)C2=O)cc1[N+](=O)[O-]. The van der Waals surface area contributed by atoms with Gasteiger partial charge in [-0.15, -0.1) is 0 Å². The van der Waals surface area contributed by atoms with E-state index in [0.29, 0.717) is 24.0 Å². The minimum Gasteiger partial charge on any atom is -0.380 e. The van der Waals surface area contributed by atoms with Crippen LogP contribution in [0.2, 0.25) is 0 Å². The van der Waals surface area contributed by atoms with Crippen LogP contribution in [0.25, 0.3) is 6.08 Å². The van der Waals surface area contributed by atoms with Gasteiger partial charge >= 0.3 is 0 Å². The number of carbonyl (C=O) groups is 3. The molecule has 3 amide bonds. The van der Waals surface area contributed by atoms with Gasteiger partial charge in [-0.3, -0.25) is 29.4 Å². The van der Waals surface area contributed by atoms with Gasteiger partial charge in [0.15, 0.2) is 0 Å². The van der Waals surface area contributed by atoms with Gasteiger partial charge in [-0.1, -0.05) is 18.2 Å². The van der Waals surface area contributed by atoms with E-state index < -0.39 is 27.8 Å². The Morgan fingerprint density at radius 2 is 2.00 bits per heavy atom. The van der Waals surface area contributed by atoms with Crippen LogP contribution in [-0.4, -0.2) is 46.5 Å². The number of halogens is 1. The first-order valence-corrected chi connectivity index (χ1v) is 10.4. The molecule has 0 atom stereocenters. The molecule has 32 heavy (non-hydrogen) atoms. The number of thioether (sulfide) groups is 1. The smallest absolute Gasteiger partial charge is 0.293 e. The number of benzene rings is 2. The minimum atomic E-state index is -0.586. The molecule has 0 unspecified atom stereocenters. The Morgan fingerprint density at radius 1 is 1.25 bits per heavy atom. The Hall–Kier alpha value is -3.73. The van der Waals surface area contributed by atoms with Crippen molar-refractivity contribution in [1.29, 1.82) is 0 Å². The van der Waals surface area contributed by atoms with Crippen LogP contribution < -0.4 is 10.6 Å². The highest BCUT2D eigenvalue weighted by molar-refractivity contribution is 8.18. The number of rotatable bonds is 8. The Morgan fingerprint density at radius 3 is 2.69 bits per heavy atom. The van der Waals surface area contributed by atoms with E-state index in [2.05, 4.69) is 10.6 Å². The van der Waals surface area contributed by atoms with Gasteiger partial charge in [-0.05, 0) is 43.0 Å². The summed E-state index contributed by atoms with van der Waals surface area (Å²) in [6, 6.07) is 9.92. The topological polar surface area (TPSA) is 122 Å². The van der Waals surface area contributed by atoms with E-state index in [1.54, 1.807) is 13.0 Å². The number of nitro groups is 1. The molecule has 1 saturated heterocycles. The highest BCUT2D eigenvalue weighted by atomic mass is 32.2. The molecule has 2 N–H and O–H groups in total. The lowest BCUT2D eigenvalue weighted by Gasteiger charge is -2.13. The first kappa shape index (κ1) is 22.9. The quantitative estimate of drug-likeness (QED) is 0.352. The fraction of sp³-hybridized carbons (Fsp3) is 0.190. The lowest BCUT2D eigenvalue weighted by atomic mass is 10.1. The monoisotopic (exact) mass is 458 g/mol. The number of amides is 3. The number of nitro benzene ring substituents is 1. The number of anilines is 1. The second-order valence-electron chi connectivity index (χ2n) is 6.63. The van der Waals surface area contributed by atoms with E-state index in [-0.39, 0.29) is 34.8 Å². The van der Waals surface area contributed by atoms with Crippen LogP contribution in [0.15, 0.2) is 47.4 Å². The molecule has 0 spiro atoms. The molecule has 1 aliphatic rings. The zero-order chi connectivity index (χ0) is 23.3. The molecule has 0 aliphatic carbocycles. The maximum atomic E-state index is 13.8. The number of nitrogens with one attached hydrogen (secondary N) is 2. The summed E-state index contributed by atoms with van der Waals surface area (Å²) in [5, 5.41) is 16.1. The van der Waals surface area contributed by atoms with Gasteiger partial charge < -0.3 is 10.6 Å². The van der Waals surface area contributed by atoms with Crippen molar-refractivity contribution >= 4 is 46.3 Å². The molecule has 0 radical (unpaired) electrons. The Balaban J connectivity index is 1.63. The maximum absolute atomic E-state index is 13.8. The van der Waals surface area contributed by atoms with Crippen molar-refractivity contribution in [1.82, 2.24) is 10.2 Å². The van der Waals surface area contributed by atoms with E-state index in [9.17, 15) is 28.9 Å². The second kappa shape index (κ2) is 10.1. The number of carbonyl (C=O) groups excluding carboxylic acids is 3. The number of hydrogen-bond donors (Lipinski definition) is 2. The molecule has 1 heterocycles. The Kier molecular flexibility index (Phi) is 7.21. The molecule has 166 valence electrons. The normalized spacial score (nSPS) is 14.7. The van der Waals surface area contributed by atoms with Crippen molar-refractivity contribution in [3.63, 3.8) is 0 Å². The van der Waals surface area contributed by atoms with Gasteiger partial charge in [0, 0.05) is 36.8 Å². The summed E-state index contributed by atoms with van der Waals surface area (Å²) in [5.41, 5.74) is 0.332. The summed E-state index contributed by atoms with van der Waals surface area (Å²) >= 11 is 0.689. The lowest BCUT2D eigenvalue weighted by molar-refractivity contribution is -0.384. The Bertz CT molecular complexity index is 1120.